The molecule has 1 aliphatic carbocycles. The van der Waals surface area contributed by atoms with Crippen molar-refractivity contribution in [1.29, 1.82) is 0 Å². The molecular weight excluding hydrogens is 262 g/mol. The van der Waals surface area contributed by atoms with Gasteiger partial charge in [0.2, 0.25) is 6.04 Å². The predicted octanol–water partition coefficient (Wildman–Crippen LogP) is 2.75. The summed E-state index contributed by atoms with van der Waals surface area (Å²) in [6, 6.07) is 5.79. The van der Waals surface area contributed by atoms with Crippen molar-refractivity contribution in [3.8, 4) is 0 Å². The highest BCUT2D eigenvalue weighted by atomic mass is 16.6. The van der Waals surface area contributed by atoms with Crippen molar-refractivity contribution < 1.29 is 18.6 Å². The summed E-state index contributed by atoms with van der Waals surface area (Å²) in [5.41, 5.74) is 0. The van der Waals surface area contributed by atoms with Gasteiger partial charge in [-0.25, -0.2) is 0 Å². The zero-order valence-corrected chi connectivity index (χ0v) is 10.6. The van der Waals surface area contributed by atoms with Crippen LogP contribution in [0.1, 0.15) is 36.2 Å². The Bertz CT molecular complexity index is 555. The first-order valence-electron chi connectivity index (χ1n) is 6.39. The number of carbonyl (C=O) groups is 1. The van der Waals surface area contributed by atoms with Crippen molar-refractivity contribution in [2.45, 2.75) is 30.7 Å². The summed E-state index contributed by atoms with van der Waals surface area (Å²) >= 11 is 0. The second kappa shape index (κ2) is 4.96. The molecule has 2 atom stereocenters. The van der Waals surface area contributed by atoms with E-state index in [1.165, 1.54) is 12.5 Å². The number of furan rings is 2. The summed E-state index contributed by atoms with van der Waals surface area (Å²) in [5, 5.41) is 11.5. The fraction of sp³-hybridized carbons (Fsp3) is 0.357. The van der Waals surface area contributed by atoms with E-state index in [2.05, 4.69) is 0 Å². The van der Waals surface area contributed by atoms with Crippen LogP contribution in [0.5, 0.6) is 0 Å². The maximum atomic E-state index is 11.9. The summed E-state index contributed by atoms with van der Waals surface area (Å²) in [5.74, 6) is -0.133. The third kappa shape index (κ3) is 2.13. The van der Waals surface area contributed by atoms with Crippen molar-refractivity contribution in [2.75, 3.05) is 0 Å². The molecule has 104 valence electrons. The monoisotopic (exact) mass is 275 g/mol. The molecule has 0 radical (unpaired) electrons. The van der Waals surface area contributed by atoms with Gasteiger partial charge in [-0.1, -0.05) is 0 Å². The largest absolute Gasteiger partial charge is 0.469 e. The zero-order valence-electron chi connectivity index (χ0n) is 10.6. The van der Waals surface area contributed by atoms with Crippen LogP contribution in [0.25, 0.3) is 0 Å². The van der Waals surface area contributed by atoms with Gasteiger partial charge in [-0.3, -0.25) is 14.9 Å². The smallest absolute Gasteiger partial charge is 0.233 e. The van der Waals surface area contributed by atoms with Crippen LogP contribution in [-0.2, 0) is 4.79 Å². The predicted molar refractivity (Wildman–Crippen MR) is 67.9 cm³/mol. The molecule has 3 rings (SSSR count). The Morgan fingerprint density at radius 3 is 1.90 bits per heavy atom. The maximum absolute atomic E-state index is 11.9. The average Bonchev–Trinajstić information content (AvgIpc) is 3.11. The summed E-state index contributed by atoms with van der Waals surface area (Å²) in [6.07, 6.45) is 3.20. The second-order valence-electron chi connectivity index (χ2n) is 4.97. The molecule has 0 N–H and O–H groups in total. The zero-order chi connectivity index (χ0) is 14.1. The molecule has 1 saturated carbocycles. The topological polar surface area (TPSA) is 86.5 Å². The quantitative estimate of drug-likeness (QED) is 0.635. The van der Waals surface area contributed by atoms with E-state index < -0.39 is 17.9 Å². The Balaban J connectivity index is 2.01. The first kappa shape index (κ1) is 12.7. The average molecular weight is 275 g/mol. The Labute approximate surface area is 114 Å². The molecule has 1 aliphatic rings. The van der Waals surface area contributed by atoms with Crippen LogP contribution in [0.3, 0.4) is 0 Å². The number of ketones is 1. The minimum absolute atomic E-state index is 0.00843. The molecule has 6 heteroatoms. The van der Waals surface area contributed by atoms with Crippen molar-refractivity contribution in [3.05, 3.63) is 58.4 Å². The number of rotatable bonds is 3. The van der Waals surface area contributed by atoms with Crippen LogP contribution in [0.15, 0.2) is 45.6 Å². The van der Waals surface area contributed by atoms with E-state index >= 15 is 0 Å². The lowest BCUT2D eigenvalue weighted by Gasteiger charge is -2.29. The van der Waals surface area contributed by atoms with Gasteiger partial charge in [0.25, 0.3) is 0 Å². The first-order chi connectivity index (χ1) is 9.66. The molecule has 0 bridgehead atoms. The van der Waals surface area contributed by atoms with Crippen LogP contribution in [0.2, 0.25) is 0 Å². The molecule has 0 saturated heterocycles. The standard InChI is InChI=1S/C14H13NO5/c16-9-7-10(12-3-1-5-19-12)14(15(17)18)11(8-9)13-4-2-6-20-13/h1-6,10-11,14H,7-8H2/t10-,11-/m0/s1. The Kier molecular flexibility index (Phi) is 3.14. The van der Waals surface area contributed by atoms with Crippen molar-refractivity contribution in [3.63, 3.8) is 0 Å². The molecule has 1 fully saturated rings. The van der Waals surface area contributed by atoms with Crippen LogP contribution in [-0.4, -0.2) is 16.7 Å². The van der Waals surface area contributed by atoms with Gasteiger partial charge in [0.1, 0.15) is 17.3 Å². The van der Waals surface area contributed by atoms with Gasteiger partial charge < -0.3 is 8.83 Å². The van der Waals surface area contributed by atoms with E-state index in [-0.39, 0.29) is 23.5 Å². The minimum Gasteiger partial charge on any atom is -0.469 e. The highest BCUT2D eigenvalue weighted by Crippen LogP contribution is 2.41. The molecule has 2 heterocycles. The lowest BCUT2D eigenvalue weighted by atomic mass is 9.74. The second-order valence-corrected chi connectivity index (χ2v) is 4.97. The molecule has 0 aliphatic heterocycles. The van der Waals surface area contributed by atoms with E-state index in [4.69, 9.17) is 8.83 Å². The van der Waals surface area contributed by atoms with Gasteiger partial charge in [0.05, 0.1) is 24.4 Å². The summed E-state index contributed by atoms with van der Waals surface area (Å²) in [6.45, 7) is 0. The number of hydrogen-bond donors (Lipinski definition) is 0. The number of carbonyl (C=O) groups excluding carboxylic acids is 1. The Hall–Kier alpha value is -2.37. The maximum Gasteiger partial charge on any atom is 0.233 e. The fourth-order valence-corrected chi connectivity index (χ4v) is 2.93. The van der Waals surface area contributed by atoms with Gasteiger partial charge >= 0.3 is 0 Å². The van der Waals surface area contributed by atoms with Crippen molar-refractivity contribution in [1.82, 2.24) is 0 Å². The van der Waals surface area contributed by atoms with E-state index in [1.807, 2.05) is 0 Å². The van der Waals surface area contributed by atoms with E-state index in [9.17, 15) is 14.9 Å². The summed E-state index contributed by atoms with van der Waals surface area (Å²) in [4.78, 5) is 23.1. The Morgan fingerprint density at radius 2 is 1.55 bits per heavy atom. The molecule has 0 amide bonds. The molecular formula is C14H13NO5. The molecule has 0 unspecified atom stereocenters. The number of nitro groups is 1. The van der Waals surface area contributed by atoms with Gasteiger partial charge in [-0.2, -0.15) is 0 Å². The van der Waals surface area contributed by atoms with Crippen LogP contribution >= 0.6 is 0 Å². The van der Waals surface area contributed by atoms with Gasteiger partial charge in [0.15, 0.2) is 0 Å². The van der Waals surface area contributed by atoms with Crippen molar-refractivity contribution >= 4 is 5.78 Å². The molecule has 0 aromatic carbocycles. The van der Waals surface area contributed by atoms with E-state index in [1.54, 1.807) is 24.3 Å². The molecule has 0 spiro atoms. The van der Waals surface area contributed by atoms with E-state index in [0.717, 1.165) is 0 Å². The first-order valence-corrected chi connectivity index (χ1v) is 6.39. The Morgan fingerprint density at radius 1 is 1.05 bits per heavy atom. The lowest BCUT2D eigenvalue weighted by Crippen LogP contribution is -2.40. The molecule has 20 heavy (non-hydrogen) atoms. The normalized spacial score (nSPS) is 23.9. The number of Topliss-reactive ketones (excluding diaryl/α,β-unsaturated/α-hetero) is 1. The number of nitrogens with zero attached hydrogens (tertiary/aromatic N) is 1. The molecule has 2 aromatic heterocycles. The summed E-state index contributed by atoms with van der Waals surface area (Å²) in [7, 11) is 0. The van der Waals surface area contributed by atoms with Gasteiger partial charge in [0, 0.05) is 17.8 Å². The lowest BCUT2D eigenvalue weighted by molar-refractivity contribution is -0.533. The highest BCUT2D eigenvalue weighted by Gasteiger charge is 2.48. The number of hydrogen-bond acceptors (Lipinski definition) is 5. The van der Waals surface area contributed by atoms with E-state index in [0.29, 0.717) is 11.5 Å². The molecule has 2 aromatic rings. The van der Waals surface area contributed by atoms with Gasteiger partial charge in [-0.15, -0.1) is 0 Å². The third-order valence-corrected chi connectivity index (χ3v) is 3.78. The minimum atomic E-state index is -0.912. The highest BCUT2D eigenvalue weighted by molar-refractivity contribution is 5.81. The summed E-state index contributed by atoms with van der Waals surface area (Å²) < 4.78 is 10.6. The van der Waals surface area contributed by atoms with Crippen LogP contribution < -0.4 is 0 Å². The van der Waals surface area contributed by atoms with Crippen LogP contribution in [0, 0.1) is 10.1 Å². The fourth-order valence-electron chi connectivity index (χ4n) is 2.93. The van der Waals surface area contributed by atoms with Gasteiger partial charge in [-0.05, 0) is 24.3 Å². The van der Waals surface area contributed by atoms with Crippen LogP contribution in [0.4, 0.5) is 0 Å². The molecule has 6 nitrogen and oxygen atoms in total. The third-order valence-electron chi connectivity index (χ3n) is 3.78. The SMILES string of the molecule is O=C1C[C@@H](c2ccco2)C([N+](=O)[O-])[C@H](c2ccco2)C1. The van der Waals surface area contributed by atoms with Crippen molar-refractivity contribution in [2.24, 2.45) is 0 Å².